The summed E-state index contributed by atoms with van der Waals surface area (Å²) in [5.41, 5.74) is 1.09. The number of hydrogen-bond acceptors (Lipinski definition) is 4. The highest BCUT2D eigenvalue weighted by Crippen LogP contribution is 2.37. The van der Waals surface area contributed by atoms with Crippen LogP contribution in [0.15, 0.2) is 40.9 Å². The molecule has 1 aromatic carbocycles. The minimum atomic E-state index is -0.991. The van der Waals surface area contributed by atoms with Crippen LogP contribution in [0.1, 0.15) is 60.5 Å². The minimum Gasteiger partial charge on any atom is -0.480 e. The van der Waals surface area contributed by atoms with Crippen LogP contribution in [0, 0.1) is 0 Å². The summed E-state index contributed by atoms with van der Waals surface area (Å²) in [6.45, 7) is 3.88. The zero-order valence-electron chi connectivity index (χ0n) is 13.7. The number of carboxylic acids is 1. The number of aliphatic carboxylic acids is 1. The highest BCUT2D eigenvalue weighted by atomic mass is 16.5. The first-order valence-electron chi connectivity index (χ1n) is 8.06. The van der Waals surface area contributed by atoms with Gasteiger partial charge in [0, 0.05) is 12.0 Å². The molecule has 1 fully saturated rings. The summed E-state index contributed by atoms with van der Waals surface area (Å²) in [6.07, 6.45) is 1.04. The molecule has 126 valence electrons. The molecule has 2 atom stereocenters. The average Bonchev–Trinajstić information content (AvgIpc) is 3.22. The summed E-state index contributed by atoms with van der Waals surface area (Å²) in [6, 6.07) is 9.99. The zero-order valence-corrected chi connectivity index (χ0v) is 13.7. The van der Waals surface area contributed by atoms with E-state index in [9.17, 15) is 14.7 Å². The number of benzene rings is 1. The van der Waals surface area contributed by atoms with Crippen molar-refractivity contribution in [2.45, 2.75) is 44.7 Å². The first-order chi connectivity index (χ1) is 11.5. The molecule has 24 heavy (non-hydrogen) atoms. The van der Waals surface area contributed by atoms with Gasteiger partial charge in [-0.05, 0) is 18.4 Å². The number of aromatic nitrogens is 1. The molecule has 0 bridgehead atoms. The third kappa shape index (κ3) is 2.91. The molecule has 0 spiro atoms. The monoisotopic (exact) mass is 328 g/mol. The molecule has 1 unspecified atom stereocenters. The van der Waals surface area contributed by atoms with Gasteiger partial charge < -0.3 is 14.5 Å². The van der Waals surface area contributed by atoms with Crippen molar-refractivity contribution >= 4 is 11.9 Å². The number of amides is 1. The third-order valence-electron chi connectivity index (χ3n) is 4.41. The third-order valence-corrected chi connectivity index (χ3v) is 4.41. The Hall–Kier alpha value is -2.63. The molecule has 6 heteroatoms. The van der Waals surface area contributed by atoms with Crippen molar-refractivity contribution in [3.8, 4) is 0 Å². The quantitative estimate of drug-likeness (QED) is 0.931. The molecule has 1 N–H and O–H groups in total. The lowest BCUT2D eigenvalue weighted by molar-refractivity contribution is -0.141. The van der Waals surface area contributed by atoms with Gasteiger partial charge in [0.1, 0.15) is 11.8 Å². The maximum absolute atomic E-state index is 12.9. The Bertz CT molecular complexity index is 738. The van der Waals surface area contributed by atoms with Crippen molar-refractivity contribution in [1.29, 1.82) is 0 Å². The van der Waals surface area contributed by atoms with Crippen LogP contribution in [0.5, 0.6) is 0 Å². The second kappa shape index (κ2) is 6.47. The molecule has 1 aromatic heterocycles. The van der Waals surface area contributed by atoms with Crippen LogP contribution >= 0.6 is 0 Å². The maximum Gasteiger partial charge on any atom is 0.326 e. The molecule has 1 aliphatic heterocycles. The van der Waals surface area contributed by atoms with E-state index in [1.807, 2.05) is 44.2 Å². The summed E-state index contributed by atoms with van der Waals surface area (Å²) in [5, 5.41) is 13.3. The van der Waals surface area contributed by atoms with Gasteiger partial charge in [-0.1, -0.05) is 49.3 Å². The van der Waals surface area contributed by atoms with Crippen molar-refractivity contribution in [3.63, 3.8) is 0 Å². The van der Waals surface area contributed by atoms with Gasteiger partial charge in [0.05, 0.1) is 6.04 Å². The highest BCUT2D eigenvalue weighted by molar-refractivity contribution is 5.95. The van der Waals surface area contributed by atoms with E-state index in [1.165, 1.54) is 4.90 Å². The number of likely N-dealkylation sites (tertiary alicyclic amines) is 1. The van der Waals surface area contributed by atoms with Gasteiger partial charge in [0.15, 0.2) is 5.69 Å². The van der Waals surface area contributed by atoms with E-state index in [0.29, 0.717) is 18.6 Å². The summed E-state index contributed by atoms with van der Waals surface area (Å²) in [5.74, 6) is -0.669. The summed E-state index contributed by atoms with van der Waals surface area (Å²) < 4.78 is 5.20. The summed E-state index contributed by atoms with van der Waals surface area (Å²) in [7, 11) is 0. The van der Waals surface area contributed by atoms with Gasteiger partial charge in [-0.3, -0.25) is 4.79 Å². The predicted octanol–water partition coefficient (Wildman–Crippen LogP) is 3.23. The van der Waals surface area contributed by atoms with Gasteiger partial charge in [0.2, 0.25) is 0 Å². The van der Waals surface area contributed by atoms with Crippen LogP contribution in [0.25, 0.3) is 0 Å². The number of hydrogen-bond donors (Lipinski definition) is 1. The van der Waals surface area contributed by atoms with Gasteiger partial charge >= 0.3 is 5.97 Å². The Morgan fingerprint density at radius 2 is 1.96 bits per heavy atom. The van der Waals surface area contributed by atoms with Gasteiger partial charge in [-0.25, -0.2) is 4.79 Å². The minimum absolute atomic E-state index is 0.109. The van der Waals surface area contributed by atoms with Crippen LogP contribution in [-0.4, -0.2) is 33.1 Å². The lowest BCUT2D eigenvalue weighted by Gasteiger charge is -2.27. The Morgan fingerprint density at radius 1 is 1.25 bits per heavy atom. The molecular weight excluding hydrogens is 308 g/mol. The lowest BCUT2D eigenvalue weighted by atomic mass is 10.0. The zero-order chi connectivity index (χ0) is 17.3. The summed E-state index contributed by atoms with van der Waals surface area (Å²) >= 11 is 0. The molecule has 3 rings (SSSR count). The fourth-order valence-corrected chi connectivity index (χ4v) is 3.13. The molecular formula is C18H20N2O4. The molecule has 1 amide bonds. The fourth-order valence-electron chi connectivity index (χ4n) is 3.13. The topological polar surface area (TPSA) is 83.6 Å². The molecule has 2 heterocycles. The van der Waals surface area contributed by atoms with Crippen LogP contribution in [0.4, 0.5) is 0 Å². The smallest absolute Gasteiger partial charge is 0.326 e. The average molecular weight is 328 g/mol. The first kappa shape index (κ1) is 16.2. The molecule has 0 saturated carbocycles. The van der Waals surface area contributed by atoms with Crippen LogP contribution in [0.3, 0.4) is 0 Å². The standard InChI is InChI=1S/C18H20N2O4/c1-11(2)16-10-13(19-24-16)17(21)20-14(8-9-15(20)18(22)23)12-6-4-3-5-7-12/h3-7,10-11,14-15H,8-9H2,1-2H3,(H,22,23)/t14-,15?/m0/s1. The number of nitrogens with zero attached hydrogens (tertiary/aromatic N) is 2. The van der Waals surface area contributed by atoms with Crippen LogP contribution in [-0.2, 0) is 4.79 Å². The van der Waals surface area contributed by atoms with Gasteiger partial charge in [0.25, 0.3) is 5.91 Å². The number of carboxylic acid groups (broad SMARTS) is 1. The van der Waals surface area contributed by atoms with E-state index >= 15 is 0 Å². The molecule has 6 nitrogen and oxygen atoms in total. The van der Waals surface area contributed by atoms with E-state index in [1.54, 1.807) is 6.07 Å². The Kier molecular flexibility index (Phi) is 4.38. The second-order valence-corrected chi connectivity index (χ2v) is 6.34. The lowest BCUT2D eigenvalue weighted by Crippen LogP contribution is -2.42. The number of carbonyl (C=O) groups excluding carboxylic acids is 1. The Labute approximate surface area is 140 Å². The SMILES string of the molecule is CC(C)c1cc(C(=O)N2C(C(=O)O)CC[C@H]2c2ccccc2)no1. The van der Waals surface area contributed by atoms with Crippen molar-refractivity contribution in [3.05, 3.63) is 53.4 Å². The molecule has 1 saturated heterocycles. The van der Waals surface area contributed by atoms with Crippen molar-refractivity contribution in [2.24, 2.45) is 0 Å². The molecule has 0 radical (unpaired) electrons. The van der Waals surface area contributed by atoms with Crippen LogP contribution < -0.4 is 0 Å². The Balaban J connectivity index is 1.95. The maximum atomic E-state index is 12.9. The van der Waals surface area contributed by atoms with E-state index in [0.717, 1.165) is 5.56 Å². The van der Waals surface area contributed by atoms with E-state index in [-0.39, 0.29) is 17.7 Å². The largest absolute Gasteiger partial charge is 0.480 e. The Morgan fingerprint density at radius 3 is 2.54 bits per heavy atom. The normalized spacial score (nSPS) is 20.5. The van der Waals surface area contributed by atoms with Gasteiger partial charge in [-0.15, -0.1) is 0 Å². The first-order valence-corrected chi connectivity index (χ1v) is 8.06. The van der Waals surface area contributed by atoms with Crippen molar-refractivity contribution in [2.75, 3.05) is 0 Å². The molecule has 0 aliphatic carbocycles. The van der Waals surface area contributed by atoms with E-state index in [4.69, 9.17) is 4.52 Å². The number of carbonyl (C=O) groups is 2. The number of rotatable bonds is 4. The van der Waals surface area contributed by atoms with E-state index in [2.05, 4.69) is 5.16 Å². The summed E-state index contributed by atoms with van der Waals surface area (Å²) in [4.78, 5) is 26.0. The van der Waals surface area contributed by atoms with Gasteiger partial charge in [-0.2, -0.15) is 0 Å². The van der Waals surface area contributed by atoms with Crippen LogP contribution in [0.2, 0.25) is 0 Å². The van der Waals surface area contributed by atoms with E-state index < -0.39 is 17.9 Å². The highest BCUT2D eigenvalue weighted by Gasteiger charge is 2.42. The molecule has 2 aromatic rings. The second-order valence-electron chi connectivity index (χ2n) is 6.34. The van der Waals surface area contributed by atoms with Crippen molar-refractivity contribution in [1.82, 2.24) is 10.1 Å². The predicted molar refractivity (Wildman–Crippen MR) is 86.6 cm³/mol. The molecule has 1 aliphatic rings. The fraction of sp³-hybridized carbons (Fsp3) is 0.389. The van der Waals surface area contributed by atoms with Crippen molar-refractivity contribution < 1.29 is 19.2 Å².